The molecular formula is C15H19F3N2O3. The molecule has 1 atom stereocenters. The molecule has 0 bridgehead atoms. The molecule has 2 N–H and O–H groups in total. The standard InChI is InChI=1S/C15H19F3N2O3/c1-23-11-2-3-12(13(21)6-11)14(22)19-7-10-4-5-20(8-10)9-15(16,17)18/h2-3,6,10,21H,4-5,7-9H2,1H3,(H,19,22)/t10-/m0/s1. The smallest absolute Gasteiger partial charge is 0.401 e. The Morgan fingerprint density at radius 1 is 1.48 bits per heavy atom. The van der Waals surface area contributed by atoms with Crippen LogP contribution in [0.25, 0.3) is 0 Å². The number of halogens is 3. The SMILES string of the molecule is COc1ccc(C(=O)NC[C@@H]2CCN(CC(F)(F)F)C2)c(O)c1. The number of methoxy groups -OCH3 is 1. The lowest BCUT2D eigenvalue weighted by atomic mass is 10.1. The summed E-state index contributed by atoms with van der Waals surface area (Å²) in [6.45, 7) is 0.0254. The van der Waals surface area contributed by atoms with Crippen molar-refractivity contribution in [2.75, 3.05) is 33.3 Å². The molecule has 2 rings (SSSR count). The second-order valence-electron chi connectivity index (χ2n) is 5.60. The molecule has 1 aliphatic rings. The zero-order chi connectivity index (χ0) is 17.0. The van der Waals surface area contributed by atoms with Gasteiger partial charge in [0, 0.05) is 19.2 Å². The van der Waals surface area contributed by atoms with E-state index >= 15 is 0 Å². The zero-order valence-corrected chi connectivity index (χ0v) is 12.7. The highest BCUT2D eigenvalue weighted by Crippen LogP contribution is 2.24. The van der Waals surface area contributed by atoms with E-state index in [1.807, 2.05) is 0 Å². The summed E-state index contributed by atoms with van der Waals surface area (Å²) in [6.07, 6.45) is -3.60. The second kappa shape index (κ2) is 7.08. The minimum Gasteiger partial charge on any atom is -0.507 e. The molecule has 0 saturated carbocycles. The summed E-state index contributed by atoms with van der Waals surface area (Å²) in [5.41, 5.74) is 0.107. The zero-order valence-electron chi connectivity index (χ0n) is 12.7. The van der Waals surface area contributed by atoms with Gasteiger partial charge < -0.3 is 15.2 Å². The predicted octanol–water partition coefficient (Wildman–Crippen LogP) is 2.01. The fourth-order valence-electron chi connectivity index (χ4n) is 2.64. The van der Waals surface area contributed by atoms with E-state index in [-0.39, 0.29) is 23.8 Å². The van der Waals surface area contributed by atoms with Gasteiger partial charge in [0.1, 0.15) is 11.5 Å². The van der Waals surface area contributed by atoms with Crippen molar-refractivity contribution in [1.29, 1.82) is 0 Å². The molecule has 0 unspecified atom stereocenters. The van der Waals surface area contributed by atoms with E-state index in [0.717, 1.165) is 0 Å². The average Bonchev–Trinajstić information content (AvgIpc) is 2.90. The summed E-state index contributed by atoms with van der Waals surface area (Å²) in [4.78, 5) is 13.4. The number of hydrogen-bond donors (Lipinski definition) is 2. The maximum absolute atomic E-state index is 12.3. The molecule has 1 aliphatic heterocycles. The van der Waals surface area contributed by atoms with Crippen molar-refractivity contribution in [2.24, 2.45) is 5.92 Å². The van der Waals surface area contributed by atoms with Crippen molar-refractivity contribution < 1.29 is 27.8 Å². The first kappa shape index (κ1) is 17.4. The largest absolute Gasteiger partial charge is 0.507 e. The first-order valence-electron chi connectivity index (χ1n) is 7.23. The van der Waals surface area contributed by atoms with Gasteiger partial charge in [-0.25, -0.2) is 0 Å². The van der Waals surface area contributed by atoms with Crippen molar-refractivity contribution in [3.05, 3.63) is 23.8 Å². The van der Waals surface area contributed by atoms with Gasteiger partial charge in [0.15, 0.2) is 0 Å². The van der Waals surface area contributed by atoms with Crippen LogP contribution in [-0.4, -0.2) is 55.4 Å². The van der Waals surface area contributed by atoms with Gasteiger partial charge in [-0.05, 0) is 31.0 Å². The Bertz CT molecular complexity index is 563. The van der Waals surface area contributed by atoms with Crippen molar-refractivity contribution in [3.8, 4) is 11.5 Å². The van der Waals surface area contributed by atoms with Crippen LogP contribution >= 0.6 is 0 Å². The lowest BCUT2D eigenvalue weighted by Crippen LogP contribution is -2.34. The molecule has 1 fully saturated rings. The van der Waals surface area contributed by atoms with Gasteiger partial charge >= 0.3 is 6.18 Å². The van der Waals surface area contributed by atoms with Crippen molar-refractivity contribution >= 4 is 5.91 Å². The summed E-state index contributed by atoms with van der Waals surface area (Å²) in [7, 11) is 1.45. The number of benzene rings is 1. The highest BCUT2D eigenvalue weighted by Gasteiger charge is 2.34. The summed E-state index contributed by atoms with van der Waals surface area (Å²) < 4.78 is 41.9. The summed E-state index contributed by atoms with van der Waals surface area (Å²) in [5, 5.41) is 12.4. The first-order chi connectivity index (χ1) is 10.8. The number of nitrogens with one attached hydrogen (secondary N) is 1. The van der Waals surface area contributed by atoms with E-state index < -0.39 is 18.6 Å². The first-order valence-corrected chi connectivity index (χ1v) is 7.23. The Hall–Kier alpha value is -1.96. The molecule has 0 spiro atoms. The number of carbonyl (C=O) groups is 1. The molecule has 8 heteroatoms. The highest BCUT2D eigenvalue weighted by atomic mass is 19.4. The van der Waals surface area contributed by atoms with Gasteiger partial charge in [-0.3, -0.25) is 9.69 Å². The van der Waals surface area contributed by atoms with Crippen LogP contribution in [0, 0.1) is 5.92 Å². The molecule has 23 heavy (non-hydrogen) atoms. The number of amides is 1. The number of ether oxygens (including phenoxy) is 1. The van der Waals surface area contributed by atoms with Crippen LogP contribution in [0.2, 0.25) is 0 Å². The van der Waals surface area contributed by atoms with E-state index in [0.29, 0.717) is 25.3 Å². The van der Waals surface area contributed by atoms with Crippen molar-refractivity contribution in [2.45, 2.75) is 12.6 Å². The monoisotopic (exact) mass is 332 g/mol. The minimum atomic E-state index is -4.20. The molecule has 1 saturated heterocycles. The van der Waals surface area contributed by atoms with E-state index in [4.69, 9.17) is 4.74 Å². The van der Waals surface area contributed by atoms with Crippen molar-refractivity contribution in [1.82, 2.24) is 10.2 Å². The number of rotatable bonds is 5. The third kappa shape index (κ3) is 5.02. The second-order valence-corrected chi connectivity index (χ2v) is 5.60. The number of likely N-dealkylation sites (tertiary alicyclic amines) is 1. The highest BCUT2D eigenvalue weighted by molar-refractivity contribution is 5.97. The molecule has 5 nitrogen and oxygen atoms in total. The number of phenols is 1. The van der Waals surface area contributed by atoms with Crippen LogP contribution in [0.15, 0.2) is 18.2 Å². The maximum Gasteiger partial charge on any atom is 0.401 e. The Kier molecular flexibility index (Phi) is 5.35. The number of carbonyl (C=O) groups excluding carboxylic acids is 1. The van der Waals surface area contributed by atoms with E-state index in [1.165, 1.54) is 24.1 Å². The molecule has 1 aromatic rings. The quantitative estimate of drug-likeness (QED) is 0.866. The van der Waals surface area contributed by atoms with E-state index in [1.54, 1.807) is 6.07 Å². The van der Waals surface area contributed by atoms with Crippen LogP contribution in [-0.2, 0) is 0 Å². The summed E-state index contributed by atoms with van der Waals surface area (Å²) >= 11 is 0. The van der Waals surface area contributed by atoms with Gasteiger partial charge in [0.05, 0.1) is 19.2 Å². The third-order valence-corrected chi connectivity index (χ3v) is 3.77. The Labute approximate surface area is 132 Å². The number of phenolic OH excluding ortho intramolecular Hbond substituents is 1. The van der Waals surface area contributed by atoms with E-state index in [2.05, 4.69) is 5.32 Å². The van der Waals surface area contributed by atoms with E-state index in [9.17, 15) is 23.1 Å². The van der Waals surface area contributed by atoms with Crippen LogP contribution < -0.4 is 10.1 Å². The lowest BCUT2D eigenvalue weighted by molar-refractivity contribution is -0.143. The minimum absolute atomic E-state index is 0.0262. The van der Waals surface area contributed by atoms with Gasteiger partial charge in [-0.15, -0.1) is 0 Å². The van der Waals surface area contributed by atoms with Crippen LogP contribution in [0.3, 0.4) is 0 Å². The van der Waals surface area contributed by atoms with Crippen LogP contribution in [0.4, 0.5) is 13.2 Å². The topological polar surface area (TPSA) is 61.8 Å². The molecular weight excluding hydrogens is 313 g/mol. The number of aromatic hydroxyl groups is 1. The van der Waals surface area contributed by atoms with Gasteiger partial charge in [-0.1, -0.05) is 0 Å². The summed E-state index contributed by atoms with van der Waals surface area (Å²) in [6, 6.07) is 4.32. The van der Waals surface area contributed by atoms with Crippen molar-refractivity contribution in [3.63, 3.8) is 0 Å². The number of alkyl halides is 3. The van der Waals surface area contributed by atoms with Gasteiger partial charge in [0.2, 0.25) is 0 Å². The van der Waals surface area contributed by atoms with Gasteiger partial charge in [-0.2, -0.15) is 13.2 Å². The molecule has 0 aliphatic carbocycles. The van der Waals surface area contributed by atoms with Crippen LogP contribution in [0.5, 0.6) is 11.5 Å². The third-order valence-electron chi connectivity index (χ3n) is 3.77. The molecule has 1 heterocycles. The molecule has 0 aromatic heterocycles. The fraction of sp³-hybridized carbons (Fsp3) is 0.533. The fourth-order valence-corrected chi connectivity index (χ4v) is 2.64. The lowest BCUT2D eigenvalue weighted by Gasteiger charge is -2.18. The maximum atomic E-state index is 12.3. The molecule has 1 amide bonds. The predicted molar refractivity (Wildman–Crippen MR) is 77.6 cm³/mol. The summed E-state index contributed by atoms with van der Waals surface area (Å²) in [5.74, 6) is -0.259. The Morgan fingerprint density at radius 3 is 2.83 bits per heavy atom. The Morgan fingerprint density at radius 2 is 2.22 bits per heavy atom. The normalized spacial score (nSPS) is 18.9. The van der Waals surface area contributed by atoms with Gasteiger partial charge in [0.25, 0.3) is 5.91 Å². The molecule has 1 aromatic carbocycles. The number of nitrogens with zero attached hydrogens (tertiary/aromatic N) is 1. The van der Waals surface area contributed by atoms with Crippen LogP contribution in [0.1, 0.15) is 16.8 Å². The number of hydrogen-bond acceptors (Lipinski definition) is 4. The average molecular weight is 332 g/mol. The molecule has 0 radical (unpaired) electrons. The Balaban J connectivity index is 1.83. The molecule has 128 valence electrons.